The summed E-state index contributed by atoms with van der Waals surface area (Å²) < 4.78 is 4.88. The van der Waals surface area contributed by atoms with Crippen molar-refractivity contribution in [3.63, 3.8) is 0 Å². The third-order valence-electron chi connectivity index (χ3n) is 3.63. The molecule has 0 radical (unpaired) electrons. The Bertz CT molecular complexity index is 512. The van der Waals surface area contributed by atoms with Gasteiger partial charge in [0, 0.05) is 0 Å². The predicted octanol–water partition coefficient (Wildman–Crippen LogP) is 2.39. The zero-order chi connectivity index (χ0) is 12.4. The summed E-state index contributed by atoms with van der Waals surface area (Å²) >= 11 is 0. The van der Waals surface area contributed by atoms with E-state index in [1.807, 2.05) is 0 Å². The van der Waals surface area contributed by atoms with E-state index in [0.29, 0.717) is 11.8 Å². The lowest BCUT2D eigenvalue weighted by Gasteiger charge is -2.23. The van der Waals surface area contributed by atoms with Gasteiger partial charge in [0.2, 0.25) is 5.88 Å². The first kappa shape index (κ1) is 11.3. The van der Waals surface area contributed by atoms with E-state index in [-0.39, 0.29) is 0 Å². The van der Waals surface area contributed by atoms with E-state index in [1.54, 1.807) is 6.20 Å². The topological polar surface area (TPSA) is 64.1 Å². The summed E-state index contributed by atoms with van der Waals surface area (Å²) in [4.78, 5) is 0. The lowest BCUT2D eigenvalue weighted by molar-refractivity contribution is 0.436. The molecule has 0 amide bonds. The zero-order valence-corrected chi connectivity index (χ0v) is 10.2. The van der Waals surface area contributed by atoms with Gasteiger partial charge in [0.05, 0.1) is 11.8 Å². The van der Waals surface area contributed by atoms with Crippen molar-refractivity contribution < 1.29 is 4.52 Å². The van der Waals surface area contributed by atoms with Gasteiger partial charge in [-0.15, -0.1) is 0 Å². The molecule has 2 heterocycles. The maximum Gasteiger partial charge on any atom is 0.229 e. The Labute approximate surface area is 106 Å². The normalized spacial score (nSPS) is 16.9. The highest BCUT2D eigenvalue weighted by molar-refractivity contribution is 5.71. The average molecular weight is 243 g/mol. The molecule has 0 saturated carbocycles. The van der Waals surface area contributed by atoms with E-state index in [2.05, 4.69) is 34.7 Å². The minimum absolute atomic E-state index is 0.379. The molecule has 3 rings (SSSR count). The largest absolute Gasteiger partial charge is 0.367 e. The smallest absolute Gasteiger partial charge is 0.229 e. The molecule has 0 atom stereocenters. The molecular weight excluding hydrogens is 226 g/mol. The van der Waals surface area contributed by atoms with Crippen LogP contribution in [0.1, 0.15) is 24.3 Å². The van der Waals surface area contributed by atoms with E-state index in [1.165, 1.54) is 18.4 Å². The van der Waals surface area contributed by atoms with E-state index in [0.717, 1.165) is 24.2 Å². The van der Waals surface area contributed by atoms with Crippen LogP contribution in [0.25, 0.3) is 11.1 Å². The Kier molecular flexibility index (Phi) is 3.02. The molecule has 1 fully saturated rings. The Balaban J connectivity index is 1.82. The van der Waals surface area contributed by atoms with Crippen molar-refractivity contribution in [2.45, 2.75) is 18.8 Å². The lowest BCUT2D eigenvalue weighted by Crippen LogP contribution is -2.26. The monoisotopic (exact) mass is 243 g/mol. The van der Waals surface area contributed by atoms with E-state index >= 15 is 0 Å². The minimum Gasteiger partial charge on any atom is -0.367 e. The van der Waals surface area contributed by atoms with Gasteiger partial charge < -0.3 is 15.6 Å². The molecule has 4 heteroatoms. The standard InChI is InChI=1S/C14H17N3O/c15-14-13(9-17-18-14)12-3-1-10(2-4-12)11-5-7-16-8-6-11/h1-4,9,11,16H,5-8,15H2. The fourth-order valence-electron chi connectivity index (χ4n) is 2.56. The fourth-order valence-corrected chi connectivity index (χ4v) is 2.56. The summed E-state index contributed by atoms with van der Waals surface area (Å²) in [5.74, 6) is 1.06. The van der Waals surface area contributed by atoms with Gasteiger partial charge in [-0.3, -0.25) is 0 Å². The van der Waals surface area contributed by atoms with E-state index in [9.17, 15) is 0 Å². The van der Waals surface area contributed by atoms with Crippen LogP contribution in [-0.2, 0) is 0 Å². The van der Waals surface area contributed by atoms with Crippen LogP contribution in [0.15, 0.2) is 35.0 Å². The first-order valence-electron chi connectivity index (χ1n) is 6.36. The first-order chi connectivity index (χ1) is 8.84. The molecule has 1 aliphatic rings. The molecule has 0 spiro atoms. The minimum atomic E-state index is 0.379. The number of benzene rings is 1. The van der Waals surface area contributed by atoms with E-state index in [4.69, 9.17) is 10.3 Å². The Morgan fingerprint density at radius 3 is 2.50 bits per heavy atom. The highest BCUT2D eigenvalue weighted by atomic mass is 16.5. The summed E-state index contributed by atoms with van der Waals surface area (Å²) in [5.41, 5.74) is 9.06. The Hall–Kier alpha value is -1.81. The predicted molar refractivity (Wildman–Crippen MR) is 71.2 cm³/mol. The third-order valence-corrected chi connectivity index (χ3v) is 3.63. The number of nitrogens with one attached hydrogen (secondary N) is 1. The first-order valence-corrected chi connectivity index (χ1v) is 6.36. The number of aromatic nitrogens is 1. The second-order valence-electron chi connectivity index (χ2n) is 4.75. The van der Waals surface area contributed by atoms with Gasteiger partial charge >= 0.3 is 0 Å². The molecule has 1 aromatic heterocycles. The summed E-state index contributed by atoms with van der Waals surface area (Å²) in [6.07, 6.45) is 4.10. The number of hydrogen-bond acceptors (Lipinski definition) is 4. The molecule has 0 aliphatic carbocycles. The molecular formula is C14H17N3O. The van der Waals surface area contributed by atoms with Crippen molar-refractivity contribution in [2.24, 2.45) is 0 Å². The van der Waals surface area contributed by atoms with Crippen LogP contribution in [0.5, 0.6) is 0 Å². The summed E-state index contributed by atoms with van der Waals surface area (Å²) in [7, 11) is 0. The van der Waals surface area contributed by atoms with Crippen molar-refractivity contribution in [1.29, 1.82) is 0 Å². The number of piperidine rings is 1. The number of anilines is 1. The van der Waals surface area contributed by atoms with Crippen LogP contribution in [0.3, 0.4) is 0 Å². The zero-order valence-electron chi connectivity index (χ0n) is 10.2. The van der Waals surface area contributed by atoms with Crippen molar-refractivity contribution >= 4 is 5.88 Å². The molecule has 2 aromatic rings. The second kappa shape index (κ2) is 4.82. The number of rotatable bonds is 2. The molecule has 18 heavy (non-hydrogen) atoms. The summed E-state index contributed by atoms with van der Waals surface area (Å²) in [5, 5.41) is 7.09. The highest BCUT2D eigenvalue weighted by Crippen LogP contribution is 2.29. The molecule has 0 bridgehead atoms. The highest BCUT2D eigenvalue weighted by Gasteiger charge is 2.15. The van der Waals surface area contributed by atoms with Crippen molar-refractivity contribution in [2.75, 3.05) is 18.8 Å². The van der Waals surface area contributed by atoms with Gasteiger partial charge in [0.15, 0.2) is 0 Å². The van der Waals surface area contributed by atoms with Crippen molar-refractivity contribution in [3.05, 3.63) is 36.0 Å². The molecule has 3 N–H and O–H groups in total. The van der Waals surface area contributed by atoms with Crippen molar-refractivity contribution in [3.8, 4) is 11.1 Å². The van der Waals surface area contributed by atoms with Crippen LogP contribution in [0.4, 0.5) is 5.88 Å². The maximum atomic E-state index is 5.72. The Morgan fingerprint density at radius 1 is 1.17 bits per heavy atom. The number of nitrogen functional groups attached to an aromatic ring is 1. The third kappa shape index (κ3) is 2.11. The SMILES string of the molecule is Nc1oncc1-c1ccc(C2CCNCC2)cc1. The molecule has 1 saturated heterocycles. The number of hydrogen-bond donors (Lipinski definition) is 2. The second-order valence-corrected chi connectivity index (χ2v) is 4.75. The van der Waals surface area contributed by atoms with Gasteiger partial charge in [-0.2, -0.15) is 0 Å². The molecule has 94 valence electrons. The van der Waals surface area contributed by atoms with Crippen LogP contribution in [0, 0.1) is 0 Å². The average Bonchev–Trinajstić information content (AvgIpc) is 2.86. The van der Waals surface area contributed by atoms with Gasteiger partial charge in [-0.1, -0.05) is 29.4 Å². The van der Waals surface area contributed by atoms with Crippen LogP contribution in [0.2, 0.25) is 0 Å². The quantitative estimate of drug-likeness (QED) is 0.850. The lowest BCUT2D eigenvalue weighted by atomic mass is 9.89. The fraction of sp³-hybridized carbons (Fsp3) is 0.357. The van der Waals surface area contributed by atoms with Crippen molar-refractivity contribution in [1.82, 2.24) is 10.5 Å². The summed E-state index contributed by atoms with van der Waals surface area (Å²) in [6, 6.07) is 8.58. The molecule has 4 nitrogen and oxygen atoms in total. The van der Waals surface area contributed by atoms with Gasteiger partial charge in [-0.25, -0.2) is 0 Å². The number of nitrogens with two attached hydrogens (primary N) is 1. The molecule has 0 unspecified atom stereocenters. The van der Waals surface area contributed by atoms with E-state index < -0.39 is 0 Å². The molecule has 1 aromatic carbocycles. The number of nitrogens with zero attached hydrogens (tertiary/aromatic N) is 1. The van der Waals surface area contributed by atoms with Gasteiger partial charge in [-0.05, 0) is 43.0 Å². The molecule has 1 aliphatic heterocycles. The van der Waals surface area contributed by atoms with Gasteiger partial charge in [0.25, 0.3) is 0 Å². The maximum absolute atomic E-state index is 5.72. The summed E-state index contributed by atoms with van der Waals surface area (Å²) in [6.45, 7) is 2.23. The van der Waals surface area contributed by atoms with Crippen LogP contribution < -0.4 is 11.1 Å². The van der Waals surface area contributed by atoms with Crippen LogP contribution >= 0.6 is 0 Å². The van der Waals surface area contributed by atoms with Gasteiger partial charge in [0.1, 0.15) is 0 Å². The van der Waals surface area contributed by atoms with Crippen LogP contribution in [-0.4, -0.2) is 18.2 Å². The Morgan fingerprint density at radius 2 is 1.89 bits per heavy atom.